The molecule has 1 saturated heterocycles. The molecule has 1 amide bonds. The van der Waals surface area contributed by atoms with Gasteiger partial charge in [0.2, 0.25) is 10.0 Å². The topological polar surface area (TPSA) is 66.5 Å². The number of amides is 1. The van der Waals surface area contributed by atoms with Crippen molar-refractivity contribution in [2.75, 3.05) is 13.1 Å². The highest BCUT2D eigenvalue weighted by atomic mass is 35.5. The van der Waals surface area contributed by atoms with Crippen molar-refractivity contribution in [2.24, 2.45) is 0 Å². The Hall–Kier alpha value is -1.89. The van der Waals surface area contributed by atoms with Crippen LogP contribution in [0.4, 0.5) is 0 Å². The Balaban J connectivity index is 1.85. The molecule has 5 nitrogen and oxygen atoms in total. The molecular formula is C24H31ClN2O3S. The maximum Gasteiger partial charge on any atom is 0.251 e. The standard InChI is InChI=1S/C24H31ClN2O3S/c1-16-13-18(3)21(14-17(16)2)19(4)26-24(28)20-9-10-22(25)23(15-20)31(29,30)27-11-7-5-6-8-12-27/h9-10,13-15,19H,5-8,11-12H2,1-4H3,(H,26,28)/t19-/m0/s1. The van der Waals surface area contributed by atoms with Gasteiger partial charge in [-0.25, -0.2) is 8.42 Å². The Morgan fingerprint density at radius 1 is 0.968 bits per heavy atom. The van der Waals surface area contributed by atoms with Crippen LogP contribution >= 0.6 is 11.6 Å². The molecule has 0 spiro atoms. The third-order valence-corrected chi connectivity index (χ3v) is 8.45. The molecular weight excluding hydrogens is 432 g/mol. The second-order valence-electron chi connectivity index (χ2n) is 8.45. The van der Waals surface area contributed by atoms with E-state index in [0.29, 0.717) is 13.1 Å². The summed E-state index contributed by atoms with van der Waals surface area (Å²) in [6.07, 6.45) is 3.73. The van der Waals surface area contributed by atoms with Crippen molar-refractivity contribution in [1.29, 1.82) is 0 Å². The Labute approximate surface area is 190 Å². The molecule has 7 heteroatoms. The Morgan fingerprint density at radius 3 is 2.23 bits per heavy atom. The van der Waals surface area contributed by atoms with Gasteiger partial charge in [0, 0.05) is 18.7 Å². The lowest BCUT2D eigenvalue weighted by Crippen LogP contribution is -2.32. The molecule has 2 aromatic carbocycles. The third-order valence-electron chi connectivity index (χ3n) is 6.07. The second-order valence-corrected chi connectivity index (χ2v) is 10.8. The maximum atomic E-state index is 13.2. The van der Waals surface area contributed by atoms with Gasteiger partial charge in [-0.15, -0.1) is 0 Å². The lowest BCUT2D eigenvalue weighted by molar-refractivity contribution is 0.0939. The van der Waals surface area contributed by atoms with Crippen LogP contribution in [0.3, 0.4) is 0 Å². The highest BCUT2D eigenvalue weighted by Crippen LogP contribution is 2.28. The van der Waals surface area contributed by atoms with Gasteiger partial charge in [0.25, 0.3) is 5.91 Å². The summed E-state index contributed by atoms with van der Waals surface area (Å²) >= 11 is 6.26. The minimum Gasteiger partial charge on any atom is -0.346 e. The average Bonchev–Trinajstić information content (AvgIpc) is 3.01. The molecule has 2 aromatic rings. The summed E-state index contributed by atoms with van der Waals surface area (Å²) in [5.41, 5.74) is 4.81. The van der Waals surface area contributed by atoms with Gasteiger partial charge in [0.15, 0.2) is 0 Å². The molecule has 3 rings (SSSR count). The number of aryl methyl sites for hydroxylation is 3. The summed E-state index contributed by atoms with van der Waals surface area (Å²) in [4.78, 5) is 12.9. The normalized spacial score (nSPS) is 16.5. The van der Waals surface area contributed by atoms with Crippen molar-refractivity contribution in [3.05, 3.63) is 63.2 Å². The zero-order valence-corrected chi connectivity index (χ0v) is 20.2. The first kappa shape index (κ1) is 23.8. The number of carbonyl (C=O) groups is 1. The Kier molecular flexibility index (Phi) is 7.45. The van der Waals surface area contributed by atoms with E-state index in [0.717, 1.165) is 36.8 Å². The summed E-state index contributed by atoms with van der Waals surface area (Å²) in [6.45, 7) is 9.04. The molecule has 0 bridgehead atoms. The van der Waals surface area contributed by atoms with E-state index in [1.54, 1.807) is 6.07 Å². The molecule has 31 heavy (non-hydrogen) atoms. The third kappa shape index (κ3) is 5.30. The number of hydrogen-bond donors (Lipinski definition) is 1. The van der Waals surface area contributed by atoms with Crippen molar-refractivity contribution < 1.29 is 13.2 Å². The van der Waals surface area contributed by atoms with Gasteiger partial charge in [-0.2, -0.15) is 4.31 Å². The van der Waals surface area contributed by atoms with Crippen molar-refractivity contribution in [1.82, 2.24) is 9.62 Å². The van der Waals surface area contributed by atoms with E-state index < -0.39 is 10.0 Å². The molecule has 0 aromatic heterocycles. The predicted molar refractivity (Wildman–Crippen MR) is 125 cm³/mol. The van der Waals surface area contributed by atoms with Crippen molar-refractivity contribution in [2.45, 2.75) is 64.3 Å². The monoisotopic (exact) mass is 462 g/mol. The summed E-state index contributed by atoms with van der Waals surface area (Å²) in [6, 6.07) is 8.45. The zero-order chi connectivity index (χ0) is 22.8. The summed E-state index contributed by atoms with van der Waals surface area (Å²) in [5.74, 6) is -0.325. The fraction of sp³-hybridized carbons (Fsp3) is 0.458. The molecule has 1 atom stereocenters. The largest absolute Gasteiger partial charge is 0.346 e. The van der Waals surface area contributed by atoms with Gasteiger partial charge >= 0.3 is 0 Å². The molecule has 0 unspecified atom stereocenters. The van der Waals surface area contributed by atoms with E-state index in [9.17, 15) is 13.2 Å². The van der Waals surface area contributed by atoms with Crippen LogP contribution in [0, 0.1) is 20.8 Å². The summed E-state index contributed by atoms with van der Waals surface area (Å²) in [7, 11) is -3.75. The number of halogens is 1. The summed E-state index contributed by atoms with van der Waals surface area (Å²) in [5, 5.41) is 3.14. The van der Waals surface area contributed by atoms with E-state index in [1.807, 2.05) is 20.8 Å². The minimum absolute atomic E-state index is 0.00118. The molecule has 0 aliphatic carbocycles. The quantitative estimate of drug-likeness (QED) is 0.653. The van der Waals surface area contributed by atoms with Crippen LogP contribution in [-0.2, 0) is 10.0 Å². The van der Waals surface area contributed by atoms with Crippen LogP contribution in [0.15, 0.2) is 35.2 Å². The van der Waals surface area contributed by atoms with Crippen LogP contribution in [0.5, 0.6) is 0 Å². The van der Waals surface area contributed by atoms with Crippen molar-refractivity contribution >= 4 is 27.5 Å². The molecule has 1 N–H and O–H groups in total. The molecule has 168 valence electrons. The number of nitrogens with one attached hydrogen (secondary N) is 1. The second kappa shape index (κ2) is 9.72. The first-order valence-electron chi connectivity index (χ1n) is 10.8. The van der Waals surface area contributed by atoms with Crippen molar-refractivity contribution in [3.63, 3.8) is 0 Å². The van der Waals surface area contributed by atoms with Crippen LogP contribution in [0.2, 0.25) is 5.02 Å². The van der Waals surface area contributed by atoms with Gasteiger partial charge in [0.05, 0.1) is 11.1 Å². The maximum absolute atomic E-state index is 13.2. The van der Waals surface area contributed by atoms with Gasteiger partial charge < -0.3 is 5.32 Å². The number of rotatable bonds is 5. The highest BCUT2D eigenvalue weighted by Gasteiger charge is 2.28. The van der Waals surface area contributed by atoms with E-state index in [1.165, 1.54) is 27.6 Å². The number of nitrogens with zero attached hydrogens (tertiary/aromatic N) is 1. The first-order valence-corrected chi connectivity index (χ1v) is 12.6. The molecule has 0 saturated carbocycles. The number of benzene rings is 2. The van der Waals surface area contributed by atoms with Crippen LogP contribution in [-0.4, -0.2) is 31.7 Å². The van der Waals surface area contributed by atoms with E-state index in [4.69, 9.17) is 11.6 Å². The lowest BCUT2D eigenvalue weighted by atomic mass is 9.96. The van der Waals surface area contributed by atoms with Gasteiger partial charge in [-0.1, -0.05) is 36.6 Å². The fourth-order valence-electron chi connectivity index (χ4n) is 4.07. The van der Waals surface area contributed by atoms with Gasteiger partial charge in [-0.3, -0.25) is 4.79 Å². The smallest absolute Gasteiger partial charge is 0.251 e. The minimum atomic E-state index is -3.75. The highest BCUT2D eigenvalue weighted by molar-refractivity contribution is 7.89. The first-order chi connectivity index (χ1) is 14.6. The molecule has 1 fully saturated rings. The van der Waals surface area contributed by atoms with Crippen molar-refractivity contribution in [3.8, 4) is 0 Å². The van der Waals surface area contributed by atoms with Crippen LogP contribution in [0.25, 0.3) is 0 Å². The molecule has 0 radical (unpaired) electrons. The number of carbonyl (C=O) groups excluding carboxylic acids is 1. The fourth-order valence-corrected chi connectivity index (χ4v) is 6.09. The van der Waals surface area contributed by atoms with Gasteiger partial charge in [0.1, 0.15) is 4.90 Å². The number of sulfonamides is 1. The predicted octanol–water partition coefficient (Wildman–Crippen LogP) is 5.32. The Morgan fingerprint density at radius 2 is 1.58 bits per heavy atom. The van der Waals surface area contributed by atoms with Crippen LogP contribution < -0.4 is 5.32 Å². The number of hydrogen-bond acceptors (Lipinski definition) is 3. The Bertz CT molecular complexity index is 1070. The SMILES string of the molecule is Cc1cc(C)c([C@H](C)NC(=O)c2ccc(Cl)c(S(=O)(=O)N3CCCCCC3)c2)cc1C. The van der Waals surface area contributed by atoms with E-state index in [-0.39, 0.29) is 27.4 Å². The molecule has 1 aliphatic rings. The average molecular weight is 463 g/mol. The van der Waals surface area contributed by atoms with E-state index >= 15 is 0 Å². The zero-order valence-electron chi connectivity index (χ0n) is 18.7. The molecule has 1 aliphatic heterocycles. The lowest BCUT2D eigenvalue weighted by Gasteiger charge is -2.21. The van der Waals surface area contributed by atoms with Crippen LogP contribution in [0.1, 0.15) is 71.3 Å². The summed E-state index contributed by atoms with van der Waals surface area (Å²) < 4.78 is 27.9. The van der Waals surface area contributed by atoms with Gasteiger partial charge in [-0.05, 0) is 81.0 Å². The van der Waals surface area contributed by atoms with E-state index in [2.05, 4.69) is 24.4 Å². The molecule has 1 heterocycles.